The lowest BCUT2D eigenvalue weighted by molar-refractivity contribution is -0.132. The Kier molecular flexibility index (Phi) is 5.85. The van der Waals surface area contributed by atoms with E-state index < -0.39 is 9.84 Å². The molecule has 0 saturated carbocycles. The van der Waals surface area contributed by atoms with Crippen molar-refractivity contribution in [2.45, 2.75) is 18.9 Å². The lowest BCUT2D eigenvalue weighted by atomic mass is 10.2. The Balaban J connectivity index is 1.58. The summed E-state index contributed by atoms with van der Waals surface area (Å²) in [7, 11) is -1.42. The third-order valence-corrected chi connectivity index (χ3v) is 8.34. The maximum atomic E-state index is 12.5. The van der Waals surface area contributed by atoms with Gasteiger partial charge in [0, 0.05) is 30.9 Å². The van der Waals surface area contributed by atoms with Gasteiger partial charge in [-0.3, -0.25) is 14.5 Å². The van der Waals surface area contributed by atoms with E-state index in [-0.39, 0.29) is 42.3 Å². The van der Waals surface area contributed by atoms with Gasteiger partial charge in [-0.2, -0.15) is 0 Å². The molecule has 1 atom stereocenters. The zero-order chi connectivity index (χ0) is 18.9. The molecule has 0 N–H and O–H groups in total. The van der Waals surface area contributed by atoms with Crippen LogP contribution in [0.2, 0.25) is 0 Å². The van der Waals surface area contributed by atoms with Crippen LogP contribution in [0.5, 0.6) is 0 Å². The van der Waals surface area contributed by atoms with Gasteiger partial charge in [-0.25, -0.2) is 8.42 Å². The van der Waals surface area contributed by atoms with Gasteiger partial charge in [0.25, 0.3) is 5.91 Å². The van der Waals surface area contributed by atoms with E-state index in [4.69, 9.17) is 12.2 Å². The van der Waals surface area contributed by atoms with Crippen molar-refractivity contribution in [3.05, 3.63) is 27.3 Å². The molecular weight excluding hydrogens is 412 g/mol. The maximum Gasteiger partial charge on any atom is 0.266 e. The largest absolute Gasteiger partial charge is 0.342 e. The number of thiophene rings is 1. The Bertz CT molecular complexity index is 861. The van der Waals surface area contributed by atoms with E-state index in [0.717, 1.165) is 4.88 Å². The zero-order valence-electron chi connectivity index (χ0n) is 14.1. The summed E-state index contributed by atoms with van der Waals surface area (Å²) in [5, 5.41) is 1.93. The summed E-state index contributed by atoms with van der Waals surface area (Å²) in [6.07, 6.45) is 2.39. The molecule has 26 heavy (non-hydrogen) atoms. The molecule has 0 radical (unpaired) electrons. The number of thioether (sulfide) groups is 1. The quantitative estimate of drug-likeness (QED) is 0.525. The first-order valence-corrected chi connectivity index (χ1v) is 11.9. The number of nitrogens with zero attached hydrogens (tertiary/aromatic N) is 2. The number of carbonyl (C=O) groups excluding carboxylic acids is 2. The average molecular weight is 431 g/mol. The topological polar surface area (TPSA) is 74.8 Å². The third-order valence-electron chi connectivity index (χ3n) is 4.39. The SMILES string of the molecule is CN(C(=O)CCN1C(=O)/C(=C\c2cccs2)SC1=S)[C@H]1CCS(=O)(=O)C1. The summed E-state index contributed by atoms with van der Waals surface area (Å²) in [4.78, 5) is 29.4. The predicted octanol–water partition coefficient (Wildman–Crippen LogP) is 1.98. The smallest absolute Gasteiger partial charge is 0.266 e. The molecular formula is C16H18N2O4S4. The first kappa shape index (κ1) is 19.5. The first-order chi connectivity index (χ1) is 12.3. The molecule has 3 rings (SSSR count). The number of thiocarbonyl (C=S) groups is 1. The van der Waals surface area contributed by atoms with Crippen LogP contribution in [0.1, 0.15) is 17.7 Å². The van der Waals surface area contributed by atoms with Crippen LogP contribution in [0.3, 0.4) is 0 Å². The second-order valence-corrected chi connectivity index (χ2v) is 11.0. The van der Waals surface area contributed by atoms with Crippen molar-refractivity contribution in [3.63, 3.8) is 0 Å². The van der Waals surface area contributed by atoms with E-state index in [9.17, 15) is 18.0 Å². The number of hydrogen-bond acceptors (Lipinski definition) is 7. The van der Waals surface area contributed by atoms with E-state index in [1.165, 1.54) is 32.9 Å². The zero-order valence-corrected chi connectivity index (χ0v) is 17.3. The highest BCUT2D eigenvalue weighted by atomic mass is 32.2. The van der Waals surface area contributed by atoms with Crippen LogP contribution in [0.25, 0.3) is 6.08 Å². The van der Waals surface area contributed by atoms with Crippen molar-refractivity contribution in [2.24, 2.45) is 0 Å². The third kappa shape index (κ3) is 4.36. The monoisotopic (exact) mass is 430 g/mol. The Hall–Kier alpha value is -1.23. The second-order valence-electron chi connectivity index (χ2n) is 6.16. The molecule has 1 aromatic heterocycles. The summed E-state index contributed by atoms with van der Waals surface area (Å²) in [5.41, 5.74) is 0. The van der Waals surface area contributed by atoms with Crippen LogP contribution in [0.4, 0.5) is 0 Å². The highest BCUT2D eigenvalue weighted by Gasteiger charge is 2.35. The molecule has 2 amide bonds. The van der Waals surface area contributed by atoms with Crippen molar-refractivity contribution in [1.29, 1.82) is 0 Å². The molecule has 2 aliphatic rings. The molecule has 2 saturated heterocycles. The van der Waals surface area contributed by atoms with E-state index in [2.05, 4.69) is 0 Å². The molecule has 2 aliphatic heterocycles. The molecule has 0 aromatic carbocycles. The van der Waals surface area contributed by atoms with Gasteiger partial charge in [-0.15, -0.1) is 11.3 Å². The predicted molar refractivity (Wildman–Crippen MR) is 109 cm³/mol. The maximum absolute atomic E-state index is 12.5. The van der Waals surface area contributed by atoms with Crippen LogP contribution in [0, 0.1) is 0 Å². The molecule has 140 valence electrons. The molecule has 0 unspecified atom stereocenters. The van der Waals surface area contributed by atoms with Crippen LogP contribution in [-0.2, 0) is 19.4 Å². The van der Waals surface area contributed by atoms with Gasteiger partial charge in [0.2, 0.25) is 5.91 Å². The molecule has 0 aliphatic carbocycles. The fourth-order valence-corrected chi connectivity index (χ4v) is 6.67. The van der Waals surface area contributed by atoms with Gasteiger partial charge in [-0.1, -0.05) is 30.0 Å². The number of hydrogen-bond donors (Lipinski definition) is 0. The van der Waals surface area contributed by atoms with Crippen molar-refractivity contribution >= 4 is 67.4 Å². The second kappa shape index (κ2) is 7.79. The molecule has 6 nitrogen and oxygen atoms in total. The van der Waals surface area contributed by atoms with Gasteiger partial charge in [-0.05, 0) is 23.9 Å². The minimum Gasteiger partial charge on any atom is -0.342 e. The van der Waals surface area contributed by atoms with E-state index in [1.807, 2.05) is 17.5 Å². The highest BCUT2D eigenvalue weighted by Crippen LogP contribution is 2.33. The first-order valence-electron chi connectivity index (χ1n) is 8.02. The number of rotatable bonds is 5. The Morgan fingerprint density at radius 3 is 2.88 bits per heavy atom. The van der Waals surface area contributed by atoms with Crippen LogP contribution < -0.4 is 0 Å². The Morgan fingerprint density at radius 2 is 2.27 bits per heavy atom. The van der Waals surface area contributed by atoms with Crippen molar-refractivity contribution < 1.29 is 18.0 Å². The van der Waals surface area contributed by atoms with Gasteiger partial charge in [0.15, 0.2) is 9.84 Å². The van der Waals surface area contributed by atoms with E-state index >= 15 is 0 Å². The number of amides is 2. The standard InChI is InChI=1S/C16H18N2O4S4/c1-17(11-5-8-26(21,22)10-11)14(19)4-6-18-15(20)13(25-16(18)23)9-12-3-2-7-24-12/h2-3,7,9,11H,4-6,8,10H2,1H3/b13-9+/t11-/m0/s1. The fourth-order valence-electron chi connectivity index (χ4n) is 2.86. The average Bonchev–Trinajstić information content (AvgIpc) is 3.27. The summed E-state index contributed by atoms with van der Waals surface area (Å²) < 4.78 is 23.6. The molecule has 3 heterocycles. The van der Waals surface area contributed by atoms with Crippen LogP contribution in [0.15, 0.2) is 22.4 Å². The van der Waals surface area contributed by atoms with Gasteiger partial charge >= 0.3 is 0 Å². The van der Waals surface area contributed by atoms with Gasteiger partial charge < -0.3 is 4.90 Å². The van der Waals surface area contributed by atoms with Crippen LogP contribution in [-0.4, -0.2) is 65.5 Å². The highest BCUT2D eigenvalue weighted by molar-refractivity contribution is 8.26. The normalized spacial score (nSPS) is 23.8. The molecule has 0 spiro atoms. The van der Waals surface area contributed by atoms with Crippen molar-refractivity contribution in [3.8, 4) is 0 Å². The molecule has 1 aromatic rings. The van der Waals surface area contributed by atoms with E-state index in [0.29, 0.717) is 15.6 Å². The molecule has 0 bridgehead atoms. The summed E-state index contributed by atoms with van der Waals surface area (Å²) in [6.45, 7) is 0.203. The van der Waals surface area contributed by atoms with Crippen LogP contribution >= 0.6 is 35.3 Å². The fraction of sp³-hybridized carbons (Fsp3) is 0.438. The van der Waals surface area contributed by atoms with Gasteiger partial charge in [0.1, 0.15) is 4.32 Å². The molecule has 2 fully saturated rings. The molecule has 10 heteroatoms. The minimum atomic E-state index is -3.04. The van der Waals surface area contributed by atoms with Crippen molar-refractivity contribution in [1.82, 2.24) is 9.80 Å². The number of carbonyl (C=O) groups is 2. The van der Waals surface area contributed by atoms with E-state index in [1.54, 1.807) is 13.1 Å². The summed E-state index contributed by atoms with van der Waals surface area (Å²) >= 11 is 8.04. The van der Waals surface area contributed by atoms with Crippen molar-refractivity contribution in [2.75, 3.05) is 25.1 Å². The number of sulfone groups is 1. The minimum absolute atomic E-state index is 0.0137. The lowest BCUT2D eigenvalue weighted by Crippen LogP contribution is -2.40. The summed E-state index contributed by atoms with van der Waals surface area (Å²) in [5.74, 6) is -0.229. The lowest BCUT2D eigenvalue weighted by Gasteiger charge is -2.24. The Labute approximate surface area is 166 Å². The Morgan fingerprint density at radius 1 is 1.50 bits per heavy atom. The van der Waals surface area contributed by atoms with Gasteiger partial charge in [0.05, 0.1) is 16.4 Å². The summed E-state index contributed by atoms with van der Waals surface area (Å²) in [6, 6.07) is 3.55.